The van der Waals surface area contributed by atoms with Gasteiger partial charge in [-0.3, -0.25) is 4.98 Å². The molecule has 0 fully saturated rings. The molecule has 12 heavy (non-hydrogen) atoms. The topological polar surface area (TPSA) is 59.1 Å². The number of pyridine rings is 1. The molecule has 1 aromatic rings. The second-order valence-electron chi connectivity index (χ2n) is 2.88. The Kier molecular flexibility index (Phi) is 3.19. The van der Waals surface area contributed by atoms with Gasteiger partial charge in [0.1, 0.15) is 0 Å². The van der Waals surface area contributed by atoms with Gasteiger partial charge in [-0.1, -0.05) is 6.07 Å². The van der Waals surface area contributed by atoms with Crippen LogP contribution in [0.4, 0.5) is 0 Å². The first-order valence-corrected chi connectivity index (χ1v) is 4.01. The molecule has 3 N–H and O–H groups in total. The predicted molar refractivity (Wildman–Crippen MR) is 47.9 cm³/mol. The van der Waals surface area contributed by atoms with Crippen LogP contribution in [0.5, 0.6) is 0 Å². The molecule has 0 amide bonds. The second kappa shape index (κ2) is 4.18. The molecule has 0 saturated heterocycles. The van der Waals surface area contributed by atoms with Gasteiger partial charge in [0.05, 0.1) is 6.61 Å². The fraction of sp³-hybridized carbons (Fsp3) is 0.444. The highest BCUT2D eigenvalue weighted by molar-refractivity contribution is 5.15. The van der Waals surface area contributed by atoms with Gasteiger partial charge in [0, 0.05) is 24.4 Å². The molecule has 1 rings (SSSR count). The third kappa shape index (κ3) is 2.03. The average molecular weight is 166 g/mol. The van der Waals surface area contributed by atoms with Crippen LogP contribution >= 0.6 is 0 Å². The van der Waals surface area contributed by atoms with Crippen LogP contribution in [0.3, 0.4) is 0 Å². The van der Waals surface area contributed by atoms with Gasteiger partial charge in [0.25, 0.3) is 0 Å². The zero-order chi connectivity index (χ0) is 8.97. The van der Waals surface area contributed by atoms with Crippen molar-refractivity contribution in [3.05, 3.63) is 29.6 Å². The number of hydrogen-bond acceptors (Lipinski definition) is 3. The molecule has 1 atom stereocenters. The van der Waals surface area contributed by atoms with E-state index in [2.05, 4.69) is 4.98 Å². The molecular formula is C9H14N2O. The minimum Gasteiger partial charge on any atom is -0.396 e. The van der Waals surface area contributed by atoms with Crippen molar-refractivity contribution in [2.75, 3.05) is 13.2 Å². The zero-order valence-electron chi connectivity index (χ0n) is 7.20. The fourth-order valence-corrected chi connectivity index (χ4v) is 1.01. The van der Waals surface area contributed by atoms with Crippen molar-refractivity contribution in [3.8, 4) is 0 Å². The quantitative estimate of drug-likeness (QED) is 0.684. The van der Waals surface area contributed by atoms with E-state index in [1.807, 2.05) is 19.1 Å². The van der Waals surface area contributed by atoms with Gasteiger partial charge in [-0.25, -0.2) is 0 Å². The molecular weight excluding hydrogens is 152 g/mol. The first-order valence-electron chi connectivity index (χ1n) is 4.01. The standard InChI is InChI=1S/C9H14N2O/c1-7-2-3-9(11-5-7)8(4-10)6-12/h2-3,5,8,12H,4,6,10H2,1H3. The van der Waals surface area contributed by atoms with Gasteiger partial charge in [0.2, 0.25) is 0 Å². The van der Waals surface area contributed by atoms with Crippen LogP contribution in [0.25, 0.3) is 0 Å². The Balaban J connectivity index is 2.80. The summed E-state index contributed by atoms with van der Waals surface area (Å²) in [4.78, 5) is 4.18. The summed E-state index contributed by atoms with van der Waals surface area (Å²) < 4.78 is 0. The van der Waals surface area contributed by atoms with Crippen molar-refractivity contribution < 1.29 is 5.11 Å². The maximum atomic E-state index is 8.93. The summed E-state index contributed by atoms with van der Waals surface area (Å²) in [6.07, 6.45) is 1.79. The van der Waals surface area contributed by atoms with Crippen molar-refractivity contribution in [1.29, 1.82) is 0 Å². The maximum Gasteiger partial charge on any atom is 0.0527 e. The molecule has 0 aromatic carbocycles. The summed E-state index contributed by atoms with van der Waals surface area (Å²) in [5, 5.41) is 8.93. The van der Waals surface area contributed by atoms with E-state index < -0.39 is 0 Å². The number of nitrogens with zero attached hydrogens (tertiary/aromatic N) is 1. The third-order valence-corrected chi connectivity index (χ3v) is 1.86. The lowest BCUT2D eigenvalue weighted by molar-refractivity contribution is 0.265. The van der Waals surface area contributed by atoms with Gasteiger partial charge >= 0.3 is 0 Å². The fourth-order valence-electron chi connectivity index (χ4n) is 1.01. The van der Waals surface area contributed by atoms with E-state index in [0.717, 1.165) is 11.3 Å². The maximum absolute atomic E-state index is 8.93. The van der Waals surface area contributed by atoms with E-state index in [9.17, 15) is 0 Å². The summed E-state index contributed by atoms with van der Waals surface area (Å²) in [6.45, 7) is 2.48. The molecule has 1 heterocycles. The molecule has 0 radical (unpaired) electrons. The van der Waals surface area contributed by atoms with E-state index in [-0.39, 0.29) is 12.5 Å². The monoisotopic (exact) mass is 166 g/mol. The highest BCUT2D eigenvalue weighted by atomic mass is 16.3. The summed E-state index contributed by atoms with van der Waals surface area (Å²) >= 11 is 0. The molecule has 1 unspecified atom stereocenters. The SMILES string of the molecule is Cc1ccc(C(CN)CO)nc1. The number of hydrogen-bond donors (Lipinski definition) is 2. The Hall–Kier alpha value is -0.930. The van der Waals surface area contributed by atoms with E-state index in [1.165, 1.54) is 0 Å². The highest BCUT2D eigenvalue weighted by Crippen LogP contribution is 2.10. The van der Waals surface area contributed by atoms with Crippen molar-refractivity contribution in [2.45, 2.75) is 12.8 Å². The Labute approximate surface area is 72.2 Å². The molecule has 1 aromatic heterocycles. The number of aryl methyl sites for hydroxylation is 1. The lowest BCUT2D eigenvalue weighted by Gasteiger charge is -2.09. The van der Waals surface area contributed by atoms with Crippen molar-refractivity contribution in [1.82, 2.24) is 4.98 Å². The molecule has 0 spiro atoms. The summed E-state index contributed by atoms with van der Waals surface area (Å²) in [5.74, 6) is -0.0226. The molecule has 0 saturated carbocycles. The lowest BCUT2D eigenvalue weighted by Crippen LogP contribution is -2.17. The van der Waals surface area contributed by atoms with E-state index in [0.29, 0.717) is 6.54 Å². The molecule has 0 aliphatic carbocycles. The number of nitrogens with two attached hydrogens (primary N) is 1. The van der Waals surface area contributed by atoms with Gasteiger partial charge < -0.3 is 10.8 Å². The Bertz CT molecular complexity index is 229. The predicted octanol–water partition coefficient (Wildman–Crippen LogP) is 0.425. The molecule has 0 aliphatic rings. The Morgan fingerprint density at radius 1 is 1.58 bits per heavy atom. The van der Waals surface area contributed by atoms with Crippen LogP contribution in [0, 0.1) is 6.92 Å². The van der Waals surface area contributed by atoms with Crippen LogP contribution in [0.1, 0.15) is 17.2 Å². The van der Waals surface area contributed by atoms with E-state index in [4.69, 9.17) is 10.8 Å². The Morgan fingerprint density at radius 3 is 2.75 bits per heavy atom. The lowest BCUT2D eigenvalue weighted by atomic mass is 10.1. The van der Waals surface area contributed by atoms with Gasteiger partial charge in [-0.2, -0.15) is 0 Å². The van der Waals surface area contributed by atoms with Crippen molar-refractivity contribution >= 4 is 0 Å². The smallest absolute Gasteiger partial charge is 0.0527 e. The van der Waals surface area contributed by atoms with Gasteiger partial charge in [0.15, 0.2) is 0 Å². The van der Waals surface area contributed by atoms with Crippen LogP contribution in [0.2, 0.25) is 0 Å². The van der Waals surface area contributed by atoms with Gasteiger partial charge in [-0.05, 0) is 18.6 Å². The van der Waals surface area contributed by atoms with Crippen LogP contribution in [-0.2, 0) is 0 Å². The third-order valence-electron chi connectivity index (χ3n) is 1.86. The summed E-state index contributed by atoms with van der Waals surface area (Å²) in [5.41, 5.74) is 7.44. The normalized spacial score (nSPS) is 12.9. The largest absolute Gasteiger partial charge is 0.396 e. The molecule has 0 aliphatic heterocycles. The molecule has 66 valence electrons. The first kappa shape index (κ1) is 9.16. The Morgan fingerprint density at radius 2 is 2.33 bits per heavy atom. The van der Waals surface area contributed by atoms with Crippen molar-refractivity contribution in [3.63, 3.8) is 0 Å². The van der Waals surface area contributed by atoms with Gasteiger partial charge in [-0.15, -0.1) is 0 Å². The van der Waals surface area contributed by atoms with E-state index >= 15 is 0 Å². The second-order valence-corrected chi connectivity index (χ2v) is 2.88. The van der Waals surface area contributed by atoms with Crippen LogP contribution in [0.15, 0.2) is 18.3 Å². The average Bonchev–Trinajstić information content (AvgIpc) is 2.10. The summed E-state index contributed by atoms with van der Waals surface area (Å²) in [7, 11) is 0. The zero-order valence-corrected chi connectivity index (χ0v) is 7.20. The number of aliphatic hydroxyl groups excluding tert-OH is 1. The molecule has 3 heteroatoms. The highest BCUT2D eigenvalue weighted by Gasteiger charge is 2.08. The van der Waals surface area contributed by atoms with Crippen LogP contribution in [-0.4, -0.2) is 23.2 Å². The van der Waals surface area contributed by atoms with Crippen molar-refractivity contribution in [2.24, 2.45) is 5.73 Å². The number of aliphatic hydroxyl groups is 1. The minimum atomic E-state index is -0.0226. The van der Waals surface area contributed by atoms with Crippen LogP contribution < -0.4 is 5.73 Å². The minimum absolute atomic E-state index is 0.0226. The first-order chi connectivity index (χ1) is 5.77. The number of rotatable bonds is 3. The molecule has 3 nitrogen and oxygen atoms in total. The summed E-state index contributed by atoms with van der Waals surface area (Å²) in [6, 6.07) is 3.88. The number of aromatic nitrogens is 1. The van der Waals surface area contributed by atoms with E-state index in [1.54, 1.807) is 6.20 Å². The molecule has 0 bridgehead atoms.